The van der Waals surface area contributed by atoms with E-state index in [9.17, 15) is 4.39 Å². The number of hydrogen-bond donors (Lipinski definition) is 1. The second-order valence-electron chi connectivity index (χ2n) is 5.56. The number of hydrogen-bond acceptors (Lipinski definition) is 4. The van der Waals surface area contributed by atoms with Crippen LogP contribution in [0.5, 0.6) is 0 Å². The molecule has 0 aliphatic carbocycles. The summed E-state index contributed by atoms with van der Waals surface area (Å²) < 4.78 is 13.1. The lowest BCUT2D eigenvalue weighted by atomic mass is 10.1. The van der Waals surface area contributed by atoms with Crippen molar-refractivity contribution in [1.29, 1.82) is 0 Å². The van der Waals surface area contributed by atoms with Gasteiger partial charge in [-0.1, -0.05) is 19.8 Å². The van der Waals surface area contributed by atoms with Crippen LogP contribution in [0, 0.1) is 5.82 Å². The first-order valence-electron chi connectivity index (χ1n) is 7.86. The molecule has 4 nitrogen and oxygen atoms in total. The lowest BCUT2D eigenvalue weighted by molar-refractivity contribution is 0.628. The maximum atomic E-state index is 13.1. The highest BCUT2D eigenvalue weighted by Crippen LogP contribution is 2.23. The number of halogens is 1. The van der Waals surface area contributed by atoms with Crippen LogP contribution in [0.1, 0.15) is 31.9 Å². The number of fused-ring (bicyclic) bond motifs is 1. The Kier molecular flexibility index (Phi) is 4.46. The van der Waals surface area contributed by atoms with Gasteiger partial charge in [-0.3, -0.25) is 0 Å². The number of unbranched alkanes of at least 4 members (excludes halogenated alkanes) is 2. The lowest BCUT2D eigenvalue weighted by Crippen LogP contribution is -2.03. The molecule has 3 aromatic rings. The number of aromatic nitrogens is 3. The third-order valence-electron chi connectivity index (χ3n) is 3.79. The van der Waals surface area contributed by atoms with Crippen LogP contribution >= 0.6 is 0 Å². The van der Waals surface area contributed by atoms with Crippen LogP contribution in [-0.4, -0.2) is 15.0 Å². The van der Waals surface area contributed by atoms with Crippen LogP contribution in [-0.2, 0) is 6.42 Å². The van der Waals surface area contributed by atoms with Crippen LogP contribution in [0.25, 0.3) is 22.3 Å². The fraction of sp³-hybridized carbons (Fsp3) is 0.278. The Hall–Kier alpha value is -2.56. The molecule has 3 rings (SSSR count). The van der Waals surface area contributed by atoms with E-state index >= 15 is 0 Å². The van der Waals surface area contributed by atoms with Crippen molar-refractivity contribution in [1.82, 2.24) is 15.0 Å². The summed E-state index contributed by atoms with van der Waals surface area (Å²) in [4.78, 5) is 13.3. The third-order valence-corrected chi connectivity index (χ3v) is 3.79. The van der Waals surface area contributed by atoms with Gasteiger partial charge in [0, 0.05) is 5.56 Å². The van der Waals surface area contributed by atoms with Gasteiger partial charge in [0.05, 0.1) is 16.9 Å². The summed E-state index contributed by atoms with van der Waals surface area (Å²) in [5.74, 6) is 0.0197. The standard InChI is InChI=1S/C18H19FN4/c1-2-3-4-5-15-17-16(23-18(20)22-15)11-10-14(21-17)12-6-8-13(19)9-7-12/h6-11H,2-5H2,1H3,(H2,20,22,23). The molecule has 0 unspecified atom stereocenters. The molecule has 0 radical (unpaired) electrons. The average molecular weight is 310 g/mol. The van der Waals surface area contributed by atoms with Gasteiger partial charge in [0.25, 0.3) is 0 Å². The van der Waals surface area contributed by atoms with Gasteiger partial charge < -0.3 is 5.73 Å². The Morgan fingerprint density at radius 2 is 1.74 bits per heavy atom. The molecule has 0 saturated carbocycles. The normalized spacial score (nSPS) is 11.0. The number of anilines is 1. The minimum atomic E-state index is -0.258. The lowest BCUT2D eigenvalue weighted by Gasteiger charge is -2.08. The number of aryl methyl sites for hydroxylation is 1. The summed E-state index contributed by atoms with van der Waals surface area (Å²) >= 11 is 0. The number of rotatable bonds is 5. The van der Waals surface area contributed by atoms with Gasteiger partial charge in [-0.15, -0.1) is 0 Å². The Morgan fingerprint density at radius 3 is 2.48 bits per heavy atom. The van der Waals surface area contributed by atoms with Crippen LogP contribution in [0.4, 0.5) is 10.3 Å². The summed E-state index contributed by atoms with van der Waals surface area (Å²) in [6.07, 6.45) is 4.16. The molecule has 0 spiro atoms. The molecule has 118 valence electrons. The van der Waals surface area contributed by atoms with Gasteiger partial charge in [0.15, 0.2) is 0 Å². The van der Waals surface area contributed by atoms with Gasteiger partial charge in [-0.05, 0) is 49.2 Å². The molecule has 0 fully saturated rings. The summed E-state index contributed by atoms with van der Waals surface area (Å²) in [7, 11) is 0. The Balaban J connectivity index is 2.04. The zero-order valence-corrected chi connectivity index (χ0v) is 13.1. The fourth-order valence-electron chi connectivity index (χ4n) is 2.59. The molecule has 0 saturated heterocycles. The fourth-order valence-corrected chi connectivity index (χ4v) is 2.59. The van der Waals surface area contributed by atoms with E-state index in [0.717, 1.165) is 53.7 Å². The summed E-state index contributed by atoms with van der Waals surface area (Å²) in [5, 5.41) is 0. The second-order valence-corrected chi connectivity index (χ2v) is 5.56. The number of pyridine rings is 1. The molecule has 0 aliphatic heterocycles. The zero-order valence-electron chi connectivity index (χ0n) is 13.1. The van der Waals surface area contributed by atoms with E-state index in [1.54, 1.807) is 12.1 Å². The van der Waals surface area contributed by atoms with Gasteiger partial charge in [-0.2, -0.15) is 0 Å². The smallest absolute Gasteiger partial charge is 0.220 e. The van der Waals surface area contributed by atoms with Crippen molar-refractivity contribution in [2.45, 2.75) is 32.6 Å². The van der Waals surface area contributed by atoms with Crippen molar-refractivity contribution >= 4 is 17.0 Å². The van der Waals surface area contributed by atoms with Crippen LogP contribution in [0.2, 0.25) is 0 Å². The van der Waals surface area contributed by atoms with Crippen molar-refractivity contribution in [2.75, 3.05) is 5.73 Å². The second kappa shape index (κ2) is 6.69. The van der Waals surface area contributed by atoms with Crippen LogP contribution < -0.4 is 5.73 Å². The zero-order chi connectivity index (χ0) is 16.2. The molecule has 5 heteroatoms. The minimum Gasteiger partial charge on any atom is -0.368 e. The Labute approximate surface area is 134 Å². The quantitative estimate of drug-likeness (QED) is 0.719. The molecule has 0 aliphatic rings. The maximum absolute atomic E-state index is 13.1. The van der Waals surface area contributed by atoms with E-state index in [-0.39, 0.29) is 11.8 Å². The highest BCUT2D eigenvalue weighted by molar-refractivity contribution is 5.80. The first-order chi connectivity index (χ1) is 11.2. The van der Waals surface area contributed by atoms with Gasteiger partial charge in [0.1, 0.15) is 11.3 Å². The molecule has 0 amide bonds. The van der Waals surface area contributed by atoms with Crippen LogP contribution in [0.3, 0.4) is 0 Å². The van der Waals surface area contributed by atoms with E-state index in [2.05, 4.69) is 16.9 Å². The maximum Gasteiger partial charge on any atom is 0.220 e. The number of nitrogens with two attached hydrogens (primary N) is 1. The van der Waals surface area contributed by atoms with Crippen molar-refractivity contribution < 1.29 is 4.39 Å². The first kappa shape index (κ1) is 15.3. The summed E-state index contributed by atoms with van der Waals surface area (Å²) in [5.41, 5.74) is 9.85. The Morgan fingerprint density at radius 1 is 0.957 bits per heavy atom. The monoisotopic (exact) mass is 310 g/mol. The molecule has 2 N–H and O–H groups in total. The van der Waals surface area contributed by atoms with Gasteiger partial charge >= 0.3 is 0 Å². The molecule has 0 atom stereocenters. The molecule has 2 aromatic heterocycles. The number of nitrogen functional groups attached to an aromatic ring is 1. The summed E-state index contributed by atoms with van der Waals surface area (Å²) in [6, 6.07) is 10.1. The third kappa shape index (κ3) is 3.44. The van der Waals surface area contributed by atoms with E-state index < -0.39 is 0 Å². The van der Waals surface area contributed by atoms with Gasteiger partial charge in [-0.25, -0.2) is 19.3 Å². The van der Waals surface area contributed by atoms with E-state index in [1.807, 2.05) is 12.1 Å². The molecular weight excluding hydrogens is 291 g/mol. The molecule has 0 bridgehead atoms. The summed E-state index contributed by atoms with van der Waals surface area (Å²) in [6.45, 7) is 2.16. The van der Waals surface area contributed by atoms with Crippen molar-refractivity contribution in [3.63, 3.8) is 0 Å². The highest BCUT2D eigenvalue weighted by atomic mass is 19.1. The van der Waals surface area contributed by atoms with Crippen molar-refractivity contribution in [3.05, 3.63) is 47.9 Å². The topological polar surface area (TPSA) is 64.7 Å². The highest BCUT2D eigenvalue weighted by Gasteiger charge is 2.10. The number of benzene rings is 1. The molecule has 1 aromatic carbocycles. The van der Waals surface area contributed by atoms with Crippen molar-refractivity contribution in [3.8, 4) is 11.3 Å². The van der Waals surface area contributed by atoms with E-state index in [1.165, 1.54) is 12.1 Å². The van der Waals surface area contributed by atoms with Crippen LogP contribution in [0.15, 0.2) is 36.4 Å². The predicted molar refractivity (Wildman–Crippen MR) is 90.4 cm³/mol. The Bertz CT molecular complexity index is 815. The number of nitrogens with zero attached hydrogens (tertiary/aromatic N) is 3. The van der Waals surface area contributed by atoms with E-state index in [0.29, 0.717) is 0 Å². The average Bonchev–Trinajstić information content (AvgIpc) is 2.55. The van der Waals surface area contributed by atoms with E-state index in [4.69, 9.17) is 10.7 Å². The molecule has 23 heavy (non-hydrogen) atoms. The first-order valence-corrected chi connectivity index (χ1v) is 7.86. The predicted octanol–water partition coefficient (Wildman–Crippen LogP) is 4.15. The SMILES string of the molecule is CCCCCc1nc(N)nc2ccc(-c3ccc(F)cc3)nc12. The van der Waals surface area contributed by atoms with Crippen molar-refractivity contribution in [2.24, 2.45) is 0 Å². The largest absolute Gasteiger partial charge is 0.368 e. The minimum absolute atomic E-state index is 0.258. The van der Waals surface area contributed by atoms with Gasteiger partial charge in [0.2, 0.25) is 5.95 Å². The molecule has 2 heterocycles. The molecular formula is C18H19FN4.